The Morgan fingerprint density at radius 1 is 1.45 bits per heavy atom. The van der Waals surface area contributed by atoms with Gasteiger partial charge < -0.3 is 4.74 Å². The molecule has 0 fully saturated rings. The smallest absolute Gasteiger partial charge is 0.114 e. The van der Waals surface area contributed by atoms with Gasteiger partial charge in [0.1, 0.15) is 5.76 Å². The van der Waals surface area contributed by atoms with E-state index in [1.54, 1.807) is 6.08 Å². The minimum absolute atomic E-state index is 0.783. The van der Waals surface area contributed by atoms with Crippen LogP contribution in [-0.2, 0) is 4.74 Å². The highest BCUT2D eigenvalue weighted by atomic mass is 16.5. The van der Waals surface area contributed by atoms with Gasteiger partial charge in [-0.25, -0.2) is 0 Å². The van der Waals surface area contributed by atoms with Crippen molar-refractivity contribution >= 4 is 0 Å². The van der Waals surface area contributed by atoms with Gasteiger partial charge in [-0.15, -0.1) is 13.2 Å². The van der Waals surface area contributed by atoms with E-state index in [0.717, 1.165) is 18.8 Å². The molecule has 0 aliphatic rings. The Morgan fingerprint density at radius 3 is 2.27 bits per heavy atom. The fourth-order valence-corrected chi connectivity index (χ4v) is 0.480. The fourth-order valence-electron chi connectivity index (χ4n) is 0.480. The zero-order chi connectivity index (χ0) is 9.11. The van der Waals surface area contributed by atoms with Gasteiger partial charge in [-0.1, -0.05) is 13.5 Å². The van der Waals surface area contributed by atoms with Crippen LogP contribution in [0.2, 0.25) is 0 Å². The van der Waals surface area contributed by atoms with Gasteiger partial charge in [0.05, 0.1) is 6.61 Å². The summed E-state index contributed by atoms with van der Waals surface area (Å²) in [7, 11) is 0. The predicted octanol–water partition coefficient (Wildman–Crippen LogP) is 3.31. The van der Waals surface area contributed by atoms with Crippen molar-refractivity contribution in [3.8, 4) is 0 Å². The van der Waals surface area contributed by atoms with E-state index in [2.05, 4.69) is 26.7 Å². The molecule has 0 heterocycles. The van der Waals surface area contributed by atoms with Gasteiger partial charge in [0.15, 0.2) is 0 Å². The van der Waals surface area contributed by atoms with Crippen molar-refractivity contribution in [2.45, 2.75) is 20.3 Å². The summed E-state index contributed by atoms with van der Waals surface area (Å²) in [5.41, 5.74) is 0. The zero-order valence-corrected chi connectivity index (χ0v) is 7.60. The summed E-state index contributed by atoms with van der Waals surface area (Å²) in [6.07, 6.45) is 4.67. The van der Waals surface area contributed by atoms with Gasteiger partial charge in [-0.2, -0.15) is 0 Å². The van der Waals surface area contributed by atoms with Gasteiger partial charge >= 0.3 is 0 Å². The molecule has 0 aromatic rings. The van der Waals surface area contributed by atoms with E-state index >= 15 is 0 Å². The SMILES string of the molecule is C=C.C=C/C(=C\C)OCCC. The number of hydrogen-bond acceptors (Lipinski definition) is 1. The molecule has 0 aliphatic heterocycles. The molecule has 0 atom stereocenters. The molecule has 0 aromatic heterocycles. The van der Waals surface area contributed by atoms with Crippen molar-refractivity contribution in [1.29, 1.82) is 0 Å². The lowest BCUT2D eigenvalue weighted by Crippen LogP contribution is -1.89. The normalized spacial score (nSPS) is 9.45. The lowest BCUT2D eigenvalue weighted by Gasteiger charge is -2.02. The van der Waals surface area contributed by atoms with Gasteiger partial charge in [-0.05, 0) is 25.5 Å². The van der Waals surface area contributed by atoms with Crippen LogP contribution >= 0.6 is 0 Å². The minimum atomic E-state index is 0.783. The molecule has 0 aromatic carbocycles. The van der Waals surface area contributed by atoms with Crippen molar-refractivity contribution in [2.75, 3.05) is 6.61 Å². The summed E-state index contributed by atoms with van der Waals surface area (Å²) < 4.78 is 5.23. The molecule has 0 N–H and O–H groups in total. The van der Waals surface area contributed by atoms with Gasteiger partial charge in [0, 0.05) is 0 Å². The number of ether oxygens (including phenoxy) is 1. The molecule has 1 heteroatoms. The first-order valence-electron chi connectivity index (χ1n) is 3.76. The van der Waals surface area contributed by atoms with Crippen LogP contribution in [0.4, 0.5) is 0 Å². The fraction of sp³-hybridized carbons (Fsp3) is 0.400. The summed E-state index contributed by atoms with van der Waals surface area (Å²) >= 11 is 0. The lowest BCUT2D eigenvalue weighted by molar-refractivity contribution is 0.224. The van der Waals surface area contributed by atoms with E-state index in [-0.39, 0.29) is 0 Å². The van der Waals surface area contributed by atoms with Gasteiger partial charge in [0.25, 0.3) is 0 Å². The van der Waals surface area contributed by atoms with Crippen LogP contribution in [-0.4, -0.2) is 6.61 Å². The van der Waals surface area contributed by atoms with Crippen molar-refractivity contribution in [1.82, 2.24) is 0 Å². The Kier molecular flexibility index (Phi) is 13.6. The monoisotopic (exact) mass is 154 g/mol. The Labute approximate surface area is 70.1 Å². The van der Waals surface area contributed by atoms with Crippen LogP contribution < -0.4 is 0 Å². The average Bonchev–Trinajstić information content (AvgIpc) is 2.10. The number of allylic oxidation sites excluding steroid dienone is 2. The summed E-state index contributed by atoms with van der Waals surface area (Å²) in [4.78, 5) is 0. The first kappa shape index (κ1) is 12.7. The second-order valence-electron chi connectivity index (χ2n) is 1.74. The Morgan fingerprint density at radius 2 is 2.00 bits per heavy atom. The maximum atomic E-state index is 5.23. The average molecular weight is 154 g/mol. The van der Waals surface area contributed by atoms with Gasteiger partial charge in [0.2, 0.25) is 0 Å². The number of hydrogen-bond donors (Lipinski definition) is 0. The number of rotatable bonds is 4. The summed E-state index contributed by atoms with van der Waals surface area (Å²) in [6.45, 7) is 14.4. The van der Waals surface area contributed by atoms with E-state index in [9.17, 15) is 0 Å². The second-order valence-corrected chi connectivity index (χ2v) is 1.74. The summed E-state index contributed by atoms with van der Waals surface area (Å²) in [5.74, 6) is 0.872. The molecule has 0 saturated heterocycles. The summed E-state index contributed by atoms with van der Waals surface area (Å²) in [5, 5.41) is 0. The first-order chi connectivity index (χ1) is 5.35. The molecule has 1 nitrogen and oxygen atoms in total. The quantitative estimate of drug-likeness (QED) is 0.343. The molecule has 0 bridgehead atoms. The van der Waals surface area contributed by atoms with Crippen LogP contribution in [0.25, 0.3) is 0 Å². The Hall–Kier alpha value is -0.980. The first-order valence-corrected chi connectivity index (χ1v) is 3.76. The minimum Gasteiger partial charge on any atom is -0.494 e. The molecule has 64 valence electrons. The largest absolute Gasteiger partial charge is 0.494 e. The standard InChI is InChI=1S/C8H14O.C2H4/c1-4-7-9-8(5-2)6-3;1-2/h5-6H,2,4,7H2,1,3H3;1-2H2/b8-6+;. The molecule has 11 heavy (non-hydrogen) atoms. The molecular formula is C10H18O. The predicted molar refractivity (Wildman–Crippen MR) is 51.5 cm³/mol. The highest BCUT2D eigenvalue weighted by molar-refractivity contribution is 5.06. The van der Waals surface area contributed by atoms with Crippen molar-refractivity contribution < 1.29 is 4.74 Å². The molecule has 0 saturated carbocycles. The van der Waals surface area contributed by atoms with Crippen LogP contribution in [0, 0.1) is 0 Å². The lowest BCUT2D eigenvalue weighted by atomic mass is 10.4. The maximum absolute atomic E-state index is 5.23. The molecule has 0 radical (unpaired) electrons. The molecule has 0 aliphatic carbocycles. The summed E-state index contributed by atoms with van der Waals surface area (Å²) in [6, 6.07) is 0. The van der Waals surface area contributed by atoms with E-state index in [1.807, 2.05) is 13.0 Å². The molecule has 0 unspecified atom stereocenters. The van der Waals surface area contributed by atoms with Crippen LogP contribution in [0.5, 0.6) is 0 Å². The molecule has 0 spiro atoms. The van der Waals surface area contributed by atoms with Crippen molar-refractivity contribution in [2.24, 2.45) is 0 Å². The van der Waals surface area contributed by atoms with Crippen LogP contribution in [0.15, 0.2) is 37.6 Å². The third-order valence-electron chi connectivity index (χ3n) is 0.959. The van der Waals surface area contributed by atoms with Crippen molar-refractivity contribution in [3.05, 3.63) is 37.6 Å². The van der Waals surface area contributed by atoms with Crippen LogP contribution in [0.3, 0.4) is 0 Å². The van der Waals surface area contributed by atoms with E-state index in [1.165, 1.54) is 0 Å². The topological polar surface area (TPSA) is 9.23 Å². The Balaban J connectivity index is 0. The third-order valence-corrected chi connectivity index (χ3v) is 0.959. The molecular weight excluding hydrogens is 136 g/mol. The van der Waals surface area contributed by atoms with E-state index in [4.69, 9.17) is 4.74 Å². The second kappa shape index (κ2) is 11.8. The maximum Gasteiger partial charge on any atom is 0.114 e. The molecule has 0 amide bonds. The van der Waals surface area contributed by atoms with E-state index in [0.29, 0.717) is 0 Å². The highest BCUT2D eigenvalue weighted by Crippen LogP contribution is 1.97. The molecule has 0 rings (SSSR count). The van der Waals surface area contributed by atoms with Crippen molar-refractivity contribution in [3.63, 3.8) is 0 Å². The van der Waals surface area contributed by atoms with Gasteiger partial charge in [-0.3, -0.25) is 0 Å². The third kappa shape index (κ3) is 9.02. The highest BCUT2D eigenvalue weighted by Gasteiger charge is 1.85. The van der Waals surface area contributed by atoms with E-state index < -0.39 is 0 Å². The zero-order valence-electron chi connectivity index (χ0n) is 7.60. The van der Waals surface area contributed by atoms with Crippen LogP contribution in [0.1, 0.15) is 20.3 Å². The Bertz CT molecular complexity index is 114.